The summed E-state index contributed by atoms with van der Waals surface area (Å²) < 4.78 is 13.0. The summed E-state index contributed by atoms with van der Waals surface area (Å²) in [6.45, 7) is 0. The van der Waals surface area contributed by atoms with Crippen molar-refractivity contribution in [2.45, 2.75) is 12.8 Å². The molecule has 0 fully saturated rings. The van der Waals surface area contributed by atoms with Crippen molar-refractivity contribution in [3.63, 3.8) is 0 Å². The minimum absolute atomic E-state index is 0.0109. The Morgan fingerprint density at radius 1 is 1.24 bits per heavy atom. The molecule has 1 aliphatic rings. The van der Waals surface area contributed by atoms with E-state index in [9.17, 15) is 14.0 Å². The van der Waals surface area contributed by atoms with E-state index in [1.807, 2.05) is 0 Å². The number of carbonyl (C=O) groups excluding carboxylic acids is 2. The van der Waals surface area contributed by atoms with Crippen LogP contribution in [-0.2, 0) is 11.2 Å². The first-order valence-electron chi connectivity index (χ1n) is 6.48. The van der Waals surface area contributed by atoms with Gasteiger partial charge >= 0.3 is 0 Å². The van der Waals surface area contributed by atoms with E-state index in [-0.39, 0.29) is 11.6 Å². The van der Waals surface area contributed by atoms with Gasteiger partial charge in [0, 0.05) is 17.8 Å². The number of aromatic nitrogens is 1. The molecular formula is C15H12FN3O2. The van der Waals surface area contributed by atoms with Crippen molar-refractivity contribution in [2.24, 2.45) is 0 Å². The molecule has 0 spiro atoms. The predicted molar refractivity (Wildman–Crippen MR) is 75.5 cm³/mol. The summed E-state index contributed by atoms with van der Waals surface area (Å²) in [6.07, 6.45) is 1.05. The summed E-state index contributed by atoms with van der Waals surface area (Å²) in [5, 5.41) is 5.43. The van der Waals surface area contributed by atoms with E-state index < -0.39 is 11.9 Å². The molecule has 2 amide bonds. The third-order valence-corrected chi connectivity index (χ3v) is 3.21. The number of halogens is 1. The summed E-state index contributed by atoms with van der Waals surface area (Å²) in [7, 11) is 0. The Bertz CT molecular complexity index is 731. The number of nitrogens with zero attached hydrogens (tertiary/aromatic N) is 1. The fourth-order valence-corrected chi connectivity index (χ4v) is 2.19. The van der Waals surface area contributed by atoms with Crippen molar-refractivity contribution in [1.82, 2.24) is 4.98 Å². The van der Waals surface area contributed by atoms with Crippen LogP contribution in [0.2, 0.25) is 0 Å². The van der Waals surface area contributed by atoms with Crippen molar-refractivity contribution in [3.05, 3.63) is 53.6 Å². The van der Waals surface area contributed by atoms with Gasteiger partial charge in [0.05, 0.1) is 0 Å². The van der Waals surface area contributed by atoms with Gasteiger partial charge in [-0.25, -0.2) is 4.98 Å². The fraction of sp³-hybridized carbons (Fsp3) is 0.133. The Labute approximate surface area is 120 Å². The normalized spacial score (nSPS) is 13.3. The molecule has 1 aliphatic heterocycles. The number of nitrogens with one attached hydrogen (secondary N) is 2. The van der Waals surface area contributed by atoms with E-state index in [1.165, 1.54) is 18.2 Å². The standard InChI is InChI=1S/C15H12FN3O2/c16-13-3-1-2-12(18-13)15(21)17-10-5-6-11-9(8-10)4-7-14(20)19-11/h1-3,5-6,8H,4,7H2,(H,17,21)(H,19,20). The first-order valence-corrected chi connectivity index (χ1v) is 6.48. The van der Waals surface area contributed by atoms with E-state index in [1.54, 1.807) is 18.2 Å². The number of pyridine rings is 1. The van der Waals surface area contributed by atoms with Crippen LogP contribution in [0.3, 0.4) is 0 Å². The Morgan fingerprint density at radius 3 is 2.90 bits per heavy atom. The number of rotatable bonds is 2. The summed E-state index contributed by atoms with van der Waals surface area (Å²) >= 11 is 0. The Balaban J connectivity index is 1.79. The molecule has 5 nitrogen and oxygen atoms in total. The van der Waals surface area contributed by atoms with Crippen LogP contribution in [0.1, 0.15) is 22.5 Å². The molecule has 106 valence electrons. The van der Waals surface area contributed by atoms with E-state index in [0.29, 0.717) is 18.5 Å². The van der Waals surface area contributed by atoms with Gasteiger partial charge in [0.15, 0.2) is 0 Å². The highest BCUT2D eigenvalue weighted by Gasteiger charge is 2.16. The topological polar surface area (TPSA) is 71.1 Å². The number of benzene rings is 1. The van der Waals surface area contributed by atoms with Gasteiger partial charge in [-0.05, 0) is 42.3 Å². The van der Waals surface area contributed by atoms with Crippen molar-refractivity contribution < 1.29 is 14.0 Å². The van der Waals surface area contributed by atoms with Gasteiger partial charge in [0.1, 0.15) is 5.69 Å². The zero-order valence-electron chi connectivity index (χ0n) is 11.0. The van der Waals surface area contributed by atoms with Crippen LogP contribution in [0.15, 0.2) is 36.4 Å². The lowest BCUT2D eigenvalue weighted by molar-refractivity contribution is -0.116. The Kier molecular flexibility index (Phi) is 3.35. The van der Waals surface area contributed by atoms with Crippen LogP contribution in [0.25, 0.3) is 0 Å². The quantitative estimate of drug-likeness (QED) is 0.832. The molecule has 6 heteroatoms. The highest BCUT2D eigenvalue weighted by atomic mass is 19.1. The SMILES string of the molecule is O=C1CCc2cc(NC(=O)c3cccc(F)n3)ccc2N1. The fourth-order valence-electron chi connectivity index (χ4n) is 2.19. The molecule has 0 saturated carbocycles. The van der Waals surface area contributed by atoms with Gasteiger partial charge in [-0.1, -0.05) is 6.07 Å². The van der Waals surface area contributed by atoms with E-state index in [2.05, 4.69) is 15.6 Å². The molecule has 21 heavy (non-hydrogen) atoms. The van der Waals surface area contributed by atoms with Crippen molar-refractivity contribution in [2.75, 3.05) is 10.6 Å². The second-order valence-corrected chi connectivity index (χ2v) is 4.72. The molecule has 2 N–H and O–H groups in total. The molecule has 1 aromatic carbocycles. The van der Waals surface area contributed by atoms with Crippen LogP contribution >= 0.6 is 0 Å². The second-order valence-electron chi connectivity index (χ2n) is 4.72. The Morgan fingerprint density at radius 2 is 2.10 bits per heavy atom. The lowest BCUT2D eigenvalue weighted by Gasteiger charge is -2.17. The average molecular weight is 285 g/mol. The third kappa shape index (κ3) is 2.89. The van der Waals surface area contributed by atoms with E-state index >= 15 is 0 Å². The number of hydrogen-bond acceptors (Lipinski definition) is 3. The highest BCUT2D eigenvalue weighted by Crippen LogP contribution is 2.25. The predicted octanol–water partition coefficient (Wildman–Crippen LogP) is 2.36. The summed E-state index contributed by atoms with van der Waals surface area (Å²) in [6, 6.07) is 9.27. The maximum Gasteiger partial charge on any atom is 0.274 e. The second kappa shape index (κ2) is 5.32. The molecule has 0 bridgehead atoms. The number of hydrogen-bond donors (Lipinski definition) is 2. The Hall–Kier alpha value is -2.76. The molecule has 3 rings (SSSR count). The maximum absolute atomic E-state index is 13.0. The molecule has 0 aliphatic carbocycles. The number of aryl methyl sites for hydroxylation is 1. The number of amides is 2. The minimum atomic E-state index is -0.698. The number of anilines is 2. The van der Waals surface area contributed by atoms with Gasteiger partial charge < -0.3 is 10.6 Å². The van der Waals surface area contributed by atoms with Gasteiger partial charge in [-0.15, -0.1) is 0 Å². The molecule has 0 saturated heterocycles. The minimum Gasteiger partial charge on any atom is -0.326 e. The zero-order chi connectivity index (χ0) is 14.8. The number of carbonyl (C=O) groups is 2. The lowest BCUT2D eigenvalue weighted by atomic mass is 10.0. The first-order chi connectivity index (χ1) is 10.1. The van der Waals surface area contributed by atoms with Crippen LogP contribution in [-0.4, -0.2) is 16.8 Å². The van der Waals surface area contributed by atoms with Crippen LogP contribution in [0.5, 0.6) is 0 Å². The molecule has 0 atom stereocenters. The largest absolute Gasteiger partial charge is 0.326 e. The van der Waals surface area contributed by atoms with Crippen LogP contribution in [0.4, 0.5) is 15.8 Å². The van der Waals surface area contributed by atoms with Crippen LogP contribution in [0, 0.1) is 5.95 Å². The highest BCUT2D eigenvalue weighted by molar-refractivity contribution is 6.03. The smallest absolute Gasteiger partial charge is 0.274 e. The van der Waals surface area contributed by atoms with Gasteiger partial charge in [0.25, 0.3) is 5.91 Å². The van der Waals surface area contributed by atoms with Crippen molar-refractivity contribution in [3.8, 4) is 0 Å². The number of fused-ring (bicyclic) bond motifs is 1. The van der Waals surface area contributed by atoms with Gasteiger partial charge in [0.2, 0.25) is 11.9 Å². The molecular weight excluding hydrogens is 273 g/mol. The molecule has 2 heterocycles. The van der Waals surface area contributed by atoms with E-state index in [0.717, 1.165) is 11.3 Å². The lowest BCUT2D eigenvalue weighted by Crippen LogP contribution is -2.19. The molecule has 0 radical (unpaired) electrons. The molecule has 1 aromatic heterocycles. The van der Waals surface area contributed by atoms with Crippen LogP contribution < -0.4 is 10.6 Å². The summed E-state index contributed by atoms with van der Waals surface area (Å²) in [5.41, 5.74) is 2.31. The van der Waals surface area contributed by atoms with Gasteiger partial charge in [-0.3, -0.25) is 9.59 Å². The average Bonchev–Trinajstić information content (AvgIpc) is 2.47. The maximum atomic E-state index is 13.0. The molecule has 2 aromatic rings. The molecule has 0 unspecified atom stereocenters. The van der Waals surface area contributed by atoms with Gasteiger partial charge in [-0.2, -0.15) is 4.39 Å². The zero-order valence-corrected chi connectivity index (χ0v) is 11.0. The van der Waals surface area contributed by atoms with Crippen molar-refractivity contribution >= 4 is 23.2 Å². The third-order valence-electron chi connectivity index (χ3n) is 3.21. The van der Waals surface area contributed by atoms with Crippen molar-refractivity contribution in [1.29, 1.82) is 0 Å². The first kappa shape index (κ1) is 13.2. The summed E-state index contributed by atoms with van der Waals surface area (Å²) in [4.78, 5) is 26.8. The van der Waals surface area contributed by atoms with E-state index in [4.69, 9.17) is 0 Å². The monoisotopic (exact) mass is 285 g/mol. The summed E-state index contributed by atoms with van der Waals surface area (Å²) in [5.74, 6) is -1.19.